The lowest BCUT2D eigenvalue weighted by Gasteiger charge is -2.23. The molecule has 1 saturated carbocycles. The molecule has 2 atom stereocenters. The first-order valence-electron chi connectivity index (χ1n) is 11.9. The Morgan fingerprint density at radius 2 is 1.92 bits per heavy atom. The maximum atomic E-state index is 13.2. The number of halogens is 4. The SMILES string of the molecule is C[C@@H](CNc1ccc(OC(F)(F)F)cc1)NC(=O)[C@H](CC1CCCC1)Nc1nc2cccc(Cl)c2o1. The highest BCUT2D eigenvalue weighted by Gasteiger charge is 2.31. The molecule has 1 amide bonds. The zero-order valence-electron chi connectivity index (χ0n) is 19.7. The number of hydrogen-bond donors (Lipinski definition) is 3. The van der Waals surface area contributed by atoms with Crippen LogP contribution in [0.2, 0.25) is 5.02 Å². The van der Waals surface area contributed by atoms with Gasteiger partial charge in [0.1, 0.15) is 17.3 Å². The van der Waals surface area contributed by atoms with Crippen molar-refractivity contribution in [2.24, 2.45) is 5.92 Å². The second-order valence-corrected chi connectivity index (χ2v) is 9.46. The number of alkyl halides is 3. The van der Waals surface area contributed by atoms with E-state index in [2.05, 4.69) is 25.7 Å². The summed E-state index contributed by atoms with van der Waals surface area (Å²) in [6, 6.07) is 10.2. The molecule has 0 aliphatic heterocycles. The van der Waals surface area contributed by atoms with Gasteiger partial charge in [0.2, 0.25) is 5.91 Å². The van der Waals surface area contributed by atoms with E-state index in [1.807, 2.05) is 6.92 Å². The summed E-state index contributed by atoms with van der Waals surface area (Å²) in [5, 5.41) is 9.71. The van der Waals surface area contributed by atoms with E-state index < -0.39 is 12.4 Å². The van der Waals surface area contributed by atoms with E-state index in [0.717, 1.165) is 25.7 Å². The number of para-hydroxylation sites is 1. The van der Waals surface area contributed by atoms with Crippen molar-refractivity contribution >= 4 is 40.3 Å². The molecule has 0 bridgehead atoms. The molecule has 1 heterocycles. The van der Waals surface area contributed by atoms with Crippen molar-refractivity contribution in [2.45, 2.75) is 57.5 Å². The fraction of sp³-hybridized carbons (Fsp3) is 0.440. The molecule has 3 aromatic rings. The molecule has 4 rings (SSSR count). The van der Waals surface area contributed by atoms with E-state index in [9.17, 15) is 18.0 Å². The Kier molecular flexibility index (Phi) is 8.13. The van der Waals surface area contributed by atoms with Crippen molar-refractivity contribution in [1.29, 1.82) is 0 Å². The standard InChI is InChI=1S/C25H28ClF3N4O3/c1-15(14-30-17-9-11-18(12-10-17)36-25(27,28)29)31-23(34)21(13-16-5-2-3-6-16)33-24-32-20-8-4-7-19(26)22(20)35-24/h4,7-12,15-16,21,30H,2-3,5-6,13-14H2,1H3,(H,31,34)(H,32,33)/t15-,21-/m0/s1. The molecule has 194 valence electrons. The number of ether oxygens (including phenoxy) is 1. The fourth-order valence-corrected chi connectivity index (χ4v) is 4.59. The Bertz CT molecular complexity index is 1160. The minimum atomic E-state index is -4.74. The lowest BCUT2D eigenvalue weighted by Crippen LogP contribution is -2.46. The first kappa shape index (κ1) is 25.9. The number of hydrogen-bond acceptors (Lipinski definition) is 6. The van der Waals surface area contributed by atoms with Gasteiger partial charge in [-0.25, -0.2) is 0 Å². The van der Waals surface area contributed by atoms with Crippen molar-refractivity contribution < 1.29 is 27.1 Å². The molecule has 0 spiro atoms. The average Bonchev–Trinajstić information content (AvgIpc) is 3.47. The molecule has 1 aromatic heterocycles. The molecule has 0 unspecified atom stereocenters. The van der Waals surface area contributed by atoms with Gasteiger partial charge < -0.3 is 25.1 Å². The van der Waals surface area contributed by atoms with Crippen molar-refractivity contribution in [3.05, 3.63) is 47.5 Å². The fourth-order valence-electron chi connectivity index (χ4n) is 4.38. The number of carbonyl (C=O) groups excluding carboxylic acids is 1. The lowest BCUT2D eigenvalue weighted by atomic mass is 9.97. The summed E-state index contributed by atoms with van der Waals surface area (Å²) >= 11 is 6.19. The summed E-state index contributed by atoms with van der Waals surface area (Å²) in [4.78, 5) is 17.6. The van der Waals surface area contributed by atoms with Crippen LogP contribution in [0.1, 0.15) is 39.0 Å². The van der Waals surface area contributed by atoms with Gasteiger partial charge in [0.25, 0.3) is 6.01 Å². The van der Waals surface area contributed by atoms with Crippen LogP contribution < -0.4 is 20.7 Å². The molecule has 36 heavy (non-hydrogen) atoms. The van der Waals surface area contributed by atoms with Gasteiger partial charge in [0, 0.05) is 18.3 Å². The van der Waals surface area contributed by atoms with Crippen LogP contribution >= 0.6 is 11.6 Å². The monoisotopic (exact) mass is 524 g/mol. The van der Waals surface area contributed by atoms with Gasteiger partial charge in [0.15, 0.2) is 5.58 Å². The highest BCUT2D eigenvalue weighted by atomic mass is 35.5. The molecule has 3 N–H and O–H groups in total. The Balaban J connectivity index is 1.35. The summed E-state index contributed by atoms with van der Waals surface area (Å²) in [5.41, 5.74) is 1.68. The van der Waals surface area contributed by atoms with Crippen LogP contribution in [0.5, 0.6) is 5.75 Å². The van der Waals surface area contributed by atoms with E-state index in [-0.39, 0.29) is 23.7 Å². The Labute approximate surface area is 211 Å². The third-order valence-corrected chi connectivity index (χ3v) is 6.41. The Morgan fingerprint density at radius 1 is 1.19 bits per heavy atom. The zero-order chi connectivity index (χ0) is 25.7. The minimum Gasteiger partial charge on any atom is -0.422 e. The van der Waals surface area contributed by atoms with E-state index in [1.54, 1.807) is 18.2 Å². The van der Waals surface area contributed by atoms with Crippen LogP contribution in [0.4, 0.5) is 24.9 Å². The summed E-state index contributed by atoms with van der Waals surface area (Å²) in [6.07, 6.45) is 0.390. The van der Waals surface area contributed by atoms with Crippen molar-refractivity contribution in [3.63, 3.8) is 0 Å². The van der Waals surface area contributed by atoms with E-state index >= 15 is 0 Å². The molecular weight excluding hydrogens is 497 g/mol. The summed E-state index contributed by atoms with van der Waals surface area (Å²) < 4.78 is 46.6. The molecule has 1 fully saturated rings. The number of aromatic nitrogens is 1. The number of amides is 1. The zero-order valence-corrected chi connectivity index (χ0v) is 20.5. The number of oxazole rings is 1. The molecule has 1 aliphatic rings. The predicted octanol–water partition coefficient (Wildman–Crippen LogP) is 6.36. The van der Waals surface area contributed by atoms with E-state index in [1.165, 1.54) is 24.3 Å². The summed E-state index contributed by atoms with van der Waals surface area (Å²) in [5.74, 6) is -0.0405. The van der Waals surface area contributed by atoms with Crippen LogP contribution in [-0.2, 0) is 4.79 Å². The number of nitrogens with zero attached hydrogens (tertiary/aromatic N) is 1. The van der Waals surface area contributed by atoms with Crippen molar-refractivity contribution in [2.75, 3.05) is 17.2 Å². The first-order valence-corrected chi connectivity index (χ1v) is 12.3. The normalized spacial score (nSPS) is 16.0. The highest BCUT2D eigenvalue weighted by molar-refractivity contribution is 6.34. The number of nitrogens with one attached hydrogen (secondary N) is 3. The van der Waals surface area contributed by atoms with Gasteiger partial charge in [-0.15, -0.1) is 13.2 Å². The smallest absolute Gasteiger partial charge is 0.422 e. The average molecular weight is 525 g/mol. The number of carbonyl (C=O) groups is 1. The molecule has 2 aromatic carbocycles. The second-order valence-electron chi connectivity index (χ2n) is 9.05. The third-order valence-electron chi connectivity index (χ3n) is 6.11. The Morgan fingerprint density at radius 3 is 2.58 bits per heavy atom. The maximum Gasteiger partial charge on any atom is 0.573 e. The van der Waals surface area contributed by atoms with Gasteiger partial charge in [-0.05, 0) is 55.7 Å². The van der Waals surface area contributed by atoms with Crippen LogP contribution in [0, 0.1) is 5.92 Å². The number of anilines is 2. The maximum absolute atomic E-state index is 13.2. The predicted molar refractivity (Wildman–Crippen MR) is 132 cm³/mol. The summed E-state index contributed by atoms with van der Waals surface area (Å²) in [7, 11) is 0. The quantitative estimate of drug-likeness (QED) is 0.286. The van der Waals surface area contributed by atoms with Gasteiger partial charge in [-0.2, -0.15) is 4.98 Å². The summed E-state index contributed by atoms with van der Waals surface area (Å²) in [6.45, 7) is 2.22. The van der Waals surface area contributed by atoms with Crippen LogP contribution in [-0.4, -0.2) is 35.9 Å². The van der Waals surface area contributed by atoms with Gasteiger partial charge in [-0.1, -0.05) is 43.4 Å². The second kappa shape index (κ2) is 11.3. The minimum absolute atomic E-state index is 0.182. The number of fused-ring (bicyclic) bond motifs is 1. The number of benzene rings is 2. The van der Waals surface area contributed by atoms with Crippen LogP contribution in [0.15, 0.2) is 46.9 Å². The molecule has 0 saturated heterocycles. The third kappa shape index (κ3) is 7.19. The topological polar surface area (TPSA) is 88.4 Å². The highest BCUT2D eigenvalue weighted by Crippen LogP contribution is 2.31. The Hall–Kier alpha value is -3.14. The van der Waals surface area contributed by atoms with Crippen molar-refractivity contribution in [1.82, 2.24) is 10.3 Å². The van der Waals surface area contributed by atoms with Crippen molar-refractivity contribution in [3.8, 4) is 5.75 Å². The van der Waals surface area contributed by atoms with Gasteiger partial charge >= 0.3 is 6.36 Å². The first-order chi connectivity index (χ1) is 17.2. The lowest BCUT2D eigenvalue weighted by molar-refractivity contribution is -0.274. The van der Waals surface area contributed by atoms with Gasteiger partial charge in [-0.3, -0.25) is 4.79 Å². The van der Waals surface area contributed by atoms with Crippen LogP contribution in [0.3, 0.4) is 0 Å². The van der Waals surface area contributed by atoms with Gasteiger partial charge in [0.05, 0.1) is 5.02 Å². The molecule has 0 radical (unpaired) electrons. The molecule has 7 nitrogen and oxygen atoms in total. The molecule has 11 heteroatoms. The molecular formula is C25H28ClF3N4O3. The van der Waals surface area contributed by atoms with E-state index in [0.29, 0.717) is 40.7 Å². The molecule has 1 aliphatic carbocycles. The largest absolute Gasteiger partial charge is 0.573 e. The van der Waals surface area contributed by atoms with Crippen LogP contribution in [0.25, 0.3) is 11.1 Å². The van der Waals surface area contributed by atoms with E-state index in [4.69, 9.17) is 16.0 Å². The number of rotatable bonds is 10.